The molecular weight excluding hydrogens is 302 g/mol. The Morgan fingerprint density at radius 3 is 2.82 bits per heavy atom. The van der Waals surface area contributed by atoms with Crippen LogP contribution in [0.25, 0.3) is 0 Å². The summed E-state index contributed by atoms with van der Waals surface area (Å²) in [5, 5.41) is 11.4. The van der Waals surface area contributed by atoms with Gasteiger partial charge in [-0.05, 0) is 30.7 Å². The molecule has 0 unspecified atom stereocenters. The maximum Gasteiger partial charge on any atom is 0.304 e. The summed E-state index contributed by atoms with van der Waals surface area (Å²) >= 11 is 1.55. The first kappa shape index (κ1) is 16.2. The van der Waals surface area contributed by atoms with Gasteiger partial charge in [0.05, 0.1) is 18.2 Å². The number of carbonyl (C=O) groups is 2. The summed E-state index contributed by atoms with van der Waals surface area (Å²) in [5.41, 5.74) is 2.26. The van der Waals surface area contributed by atoms with Gasteiger partial charge in [0.15, 0.2) is 0 Å². The molecule has 5 nitrogen and oxygen atoms in total. The molecule has 1 aromatic carbocycles. The van der Waals surface area contributed by atoms with Crippen LogP contribution in [0.15, 0.2) is 41.0 Å². The number of carbonyl (C=O) groups excluding carboxylic acids is 1. The maximum absolute atomic E-state index is 12.1. The summed E-state index contributed by atoms with van der Waals surface area (Å²) in [6.45, 7) is 1.74. The monoisotopic (exact) mass is 319 g/mol. The van der Waals surface area contributed by atoms with E-state index in [1.54, 1.807) is 24.8 Å². The number of anilines is 1. The number of nitrogens with one attached hydrogen (secondary N) is 1. The van der Waals surface area contributed by atoms with Gasteiger partial charge in [-0.2, -0.15) is 11.8 Å². The molecule has 0 saturated carbocycles. The molecule has 0 spiro atoms. The molecule has 0 atom stereocenters. The molecule has 1 aromatic heterocycles. The Hall–Kier alpha value is -2.21. The first-order chi connectivity index (χ1) is 10.6. The Morgan fingerprint density at radius 1 is 1.32 bits per heavy atom. The van der Waals surface area contributed by atoms with Crippen molar-refractivity contribution < 1.29 is 19.1 Å². The van der Waals surface area contributed by atoms with Crippen molar-refractivity contribution in [2.24, 2.45) is 0 Å². The summed E-state index contributed by atoms with van der Waals surface area (Å²) in [4.78, 5) is 22.6. The molecule has 6 heteroatoms. The number of hydrogen-bond acceptors (Lipinski definition) is 4. The third kappa shape index (κ3) is 4.66. The van der Waals surface area contributed by atoms with E-state index in [0.29, 0.717) is 28.5 Å². The average molecular weight is 319 g/mol. The second kappa shape index (κ2) is 7.70. The quantitative estimate of drug-likeness (QED) is 0.763. The number of thioether (sulfide) groups is 1. The van der Waals surface area contributed by atoms with E-state index in [0.717, 1.165) is 5.56 Å². The highest BCUT2D eigenvalue weighted by Crippen LogP contribution is 2.18. The molecule has 2 rings (SSSR count). The molecule has 0 aliphatic carbocycles. The molecule has 1 heterocycles. The number of aryl methyl sites for hydroxylation is 1. The van der Waals surface area contributed by atoms with Crippen molar-refractivity contribution in [3.63, 3.8) is 0 Å². The molecule has 0 aliphatic rings. The van der Waals surface area contributed by atoms with Gasteiger partial charge in [-0.15, -0.1) is 0 Å². The van der Waals surface area contributed by atoms with Crippen LogP contribution in [-0.2, 0) is 10.5 Å². The van der Waals surface area contributed by atoms with Gasteiger partial charge in [0.1, 0.15) is 5.76 Å². The number of rotatable bonds is 7. The van der Waals surface area contributed by atoms with Crippen LogP contribution in [-0.4, -0.2) is 22.7 Å². The number of hydrogen-bond donors (Lipinski definition) is 2. The van der Waals surface area contributed by atoms with Gasteiger partial charge in [0.2, 0.25) is 0 Å². The summed E-state index contributed by atoms with van der Waals surface area (Å²) in [6, 6.07) is 9.16. The van der Waals surface area contributed by atoms with Gasteiger partial charge in [0, 0.05) is 17.2 Å². The topological polar surface area (TPSA) is 79.5 Å². The Bertz CT molecular complexity index is 666. The molecule has 2 N–H and O–H groups in total. The highest BCUT2D eigenvalue weighted by atomic mass is 32.2. The number of carboxylic acids is 1. The van der Waals surface area contributed by atoms with Crippen LogP contribution in [0.3, 0.4) is 0 Å². The van der Waals surface area contributed by atoms with E-state index in [-0.39, 0.29) is 12.3 Å². The molecule has 0 aliphatic heterocycles. The predicted octanol–water partition coefficient (Wildman–Crippen LogP) is 3.55. The van der Waals surface area contributed by atoms with Crippen LogP contribution in [0.1, 0.15) is 28.1 Å². The zero-order valence-electron chi connectivity index (χ0n) is 12.2. The largest absolute Gasteiger partial charge is 0.481 e. The number of amides is 1. The lowest BCUT2D eigenvalue weighted by molar-refractivity contribution is -0.136. The van der Waals surface area contributed by atoms with Crippen molar-refractivity contribution in [3.8, 4) is 0 Å². The molecule has 0 saturated heterocycles. The fourth-order valence-electron chi connectivity index (χ4n) is 1.91. The third-order valence-corrected chi connectivity index (χ3v) is 4.05. The molecule has 0 fully saturated rings. The second-order valence-corrected chi connectivity index (χ2v) is 5.85. The van der Waals surface area contributed by atoms with E-state index in [4.69, 9.17) is 9.52 Å². The minimum Gasteiger partial charge on any atom is -0.481 e. The maximum atomic E-state index is 12.1. The van der Waals surface area contributed by atoms with Gasteiger partial charge in [-0.3, -0.25) is 9.59 Å². The van der Waals surface area contributed by atoms with Crippen LogP contribution >= 0.6 is 11.8 Å². The average Bonchev–Trinajstić information content (AvgIpc) is 2.90. The van der Waals surface area contributed by atoms with Crippen molar-refractivity contribution in [1.29, 1.82) is 0 Å². The number of aliphatic carboxylic acids is 1. The Kier molecular flexibility index (Phi) is 5.66. The van der Waals surface area contributed by atoms with E-state index in [2.05, 4.69) is 5.32 Å². The number of furan rings is 1. The molecule has 1 amide bonds. The molecule has 0 radical (unpaired) electrons. The smallest absolute Gasteiger partial charge is 0.304 e. The Balaban J connectivity index is 1.92. The molecular formula is C16H17NO4S. The molecule has 116 valence electrons. The van der Waals surface area contributed by atoms with Crippen molar-refractivity contribution >= 4 is 29.3 Å². The van der Waals surface area contributed by atoms with E-state index >= 15 is 0 Å². The SMILES string of the molecule is Cc1occc1C(=O)Nc1cccc(CSCCC(=O)O)c1. The van der Waals surface area contributed by atoms with Gasteiger partial charge in [-0.25, -0.2) is 0 Å². The molecule has 0 bridgehead atoms. The van der Waals surface area contributed by atoms with E-state index in [1.165, 1.54) is 6.26 Å². The molecule has 22 heavy (non-hydrogen) atoms. The first-order valence-corrected chi connectivity index (χ1v) is 7.95. The normalized spacial score (nSPS) is 10.4. The lowest BCUT2D eigenvalue weighted by Crippen LogP contribution is -2.12. The van der Waals surface area contributed by atoms with Crippen LogP contribution in [0.2, 0.25) is 0 Å². The predicted molar refractivity (Wildman–Crippen MR) is 86.3 cm³/mol. The minimum absolute atomic E-state index is 0.154. The van der Waals surface area contributed by atoms with Gasteiger partial charge < -0.3 is 14.8 Å². The van der Waals surface area contributed by atoms with Crippen LogP contribution in [0.5, 0.6) is 0 Å². The van der Waals surface area contributed by atoms with Crippen molar-refractivity contribution in [1.82, 2.24) is 0 Å². The first-order valence-electron chi connectivity index (χ1n) is 6.80. The van der Waals surface area contributed by atoms with E-state index in [1.807, 2.05) is 24.3 Å². The molecule has 2 aromatic rings. The van der Waals surface area contributed by atoms with Crippen LogP contribution in [0.4, 0.5) is 5.69 Å². The van der Waals surface area contributed by atoms with Gasteiger partial charge in [0.25, 0.3) is 5.91 Å². The fourth-order valence-corrected chi connectivity index (χ4v) is 2.79. The lowest BCUT2D eigenvalue weighted by atomic mass is 10.2. The van der Waals surface area contributed by atoms with Crippen molar-refractivity contribution in [3.05, 3.63) is 53.5 Å². The van der Waals surface area contributed by atoms with Crippen LogP contribution in [0, 0.1) is 6.92 Å². The third-order valence-electron chi connectivity index (χ3n) is 3.02. The number of benzene rings is 1. The highest BCUT2D eigenvalue weighted by Gasteiger charge is 2.11. The fraction of sp³-hybridized carbons (Fsp3) is 0.250. The van der Waals surface area contributed by atoms with Crippen LogP contribution < -0.4 is 5.32 Å². The zero-order valence-corrected chi connectivity index (χ0v) is 13.0. The lowest BCUT2D eigenvalue weighted by Gasteiger charge is -2.07. The van der Waals surface area contributed by atoms with Crippen molar-refractivity contribution in [2.75, 3.05) is 11.1 Å². The zero-order chi connectivity index (χ0) is 15.9. The second-order valence-electron chi connectivity index (χ2n) is 4.74. The summed E-state index contributed by atoms with van der Waals surface area (Å²) in [5.74, 6) is 0.866. The standard InChI is InChI=1S/C16H17NO4S/c1-11-14(5-7-21-11)16(20)17-13-4-2-3-12(9-13)10-22-8-6-15(18)19/h2-5,7,9H,6,8,10H2,1H3,(H,17,20)(H,18,19). The van der Waals surface area contributed by atoms with E-state index < -0.39 is 5.97 Å². The summed E-state index contributed by atoms with van der Waals surface area (Å²) < 4.78 is 5.12. The summed E-state index contributed by atoms with van der Waals surface area (Å²) in [6.07, 6.45) is 1.64. The highest BCUT2D eigenvalue weighted by molar-refractivity contribution is 7.98. The Morgan fingerprint density at radius 2 is 2.14 bits per heavy atom. The van der Waals surface area contributed by atoms with Gasteiger partial charge in [-0.1, -0.05) is 12.1 Å². The minimum atomic E-state index is -0.788. The van der Waals surface area contributed by atoms with E-state index in [9.17, 15) is 9.59 Å². The van der Waals surface area contributed by atoms with Crippen molar-refractivity contribution in [2.45, 2.75) is 19.1 Å². The summed E-state index contributed by atoms with van der Waals surface area (Å²) in [7, 11) is 0. The Labute approximate surface area is 132 Å². The van der Waals surface area contributed by atoms with Gasteiger partial charge >= 0.3 is 5.97 Å². The number of carboxylic acid groups (broad SMARTS) is 1.